The zero-order chi connectivity index (χ0) is 19.6. The van der Waals surface area contributed by atoms with E-state index >= 15 is 0 Å². The molecule has 1 aromatic carbocycles. The van der Waals surface area contributed by atoms with Gasteiger partial charge in [-0.25, -0.2) is 4.79 Å². The molecule has 0 saturated carbocycles. The van der Waals surface area contributed by atoms with Gasteiger partial charge in [-0.05, 0) is 38.0 Å². The maximum atomic E-state index is 12.7. The Hall–Kier alpha value is -2.87. The van der Waals surface area contributed by atoms with Crippen LogP contribution in [0.2, 0.25) is 0 Å². The van der Waals surface area contributed by atoms with Crippen molar-refractivity contribution in [3.63, 3.8) is 0 Å². The second kappa shape index (κ2) is 7.79. The highest BCUT2D eigenvalue weighted by atomic mass is 32.2. The fourth-order valence-electron chi connectivity index (χ4n) is 2.96. The minimum Gasteiger partial charge on any atom is -0.465 e. The molecule has 3 rings (SSSR count). The van der Waals surface area contributed by atoms with E-state index in [1.165, 1.54) is 18.9 Å². The number of aryl methyl sites for hydroxylation is 2. The molecule has 27 heavy (non-hydrogen) atoms. The molecule has 0 bridgehead atoms. The van der Waals surface area contributed by atoms with E-state index in [1.807, 2.05) is 35.8 Å². The summed E-state index contributed by atoms with van der Waals surface area (Å²) in [6.07, 6.45) is 1.63. The number of aromatic nitrogens is 4. The van der Waals surface area contributed by atoms with Gasteiger partial charge in [-0.1, -0.05) is 30.0 Å². The van der Waals surface area contributed by atoms with Crippen LogP contribution in [0.1, 0.15) is 37.7 Å². The van der Waals surface area contributed by atoms with Crippen molar-refractivity contribution >= 4 is 23.5 Å². The summed E-state index contributed by atoms with van der Waals surface area (Å²) in [5, 5.41) is 8.73. The molecule has 7 nitrogen and oxygen atoms in total. The Labute approximate surface area is 161 Å². The van der Waals surface area contributed by atoms with E-state index in [2.05, 4.69) is 15.2 Å². The van der Waals surface area contributed by atoms with Gasteiger partial charge in [0.25, 0.3) is 0 Å². The molecule has 140 valence electrons. The number of benzene rings is 1. The molecule has 0 spiro atoms. The van der Waals surface area contributed by atoms with Crippen molar-refractivity contribution in [3.8, 4) is 5.69 Å². The van der Waals surface area contributed by atoms with Crippen molar-refractivity contribution in [1.29, 1.82) is 0 Å². The van der Waals surface area contributed by atoms with Gasteiger partial charge in [0.05, 0.1) is 29.8 Å². The molecule has 0 aliphatic carbocycles. The van der Waals surface area contributed by atoms with Gasteiger partial charge in [0.1, 0.15) is 6.33 Å². The lowest BCUT2D eigenvalue weighted by Crippen LogP contribution is -2.08. The van der Waals surface area contributed by atoms with Crippen LogP contribution in [0.25, 0.3) is 5.69 Å². The molecule has 2 heterocycles. The highest BCUT2D eigenvalue weighted by molar-refractivity contribution is 7.99. The molecule has 0 saturated heterocycles. The number of para-hydroxylation sites is 1. The van der Waals surface area contributed by atoms with E-state index in [0.29, 0.717) is 27.7 Å². The Bertz CT molecular complexity index is 1010. The number of nitrogens with one attached hydrogen (secondary N) is 1. The summed E-state index contributed by atoms with van der Waals surface area (Å²) < 4.78 is 6.65. The normalized spacial score (nSPS) is 10.8. The van der Waals surface area contributed by atoms with Crippen LogP contribution < -0.4 is 0 Å². The number of hydrogen-bond acceptors (Lipinski definition) is 6. The molecule has 0 aliphatic heterocycles. The van der Waals surface area contributed by atoms with Crippen LogP contribution in [-0.4, -0.2) is 44.4 Å². The van der Waals surface area contributed by atoms with Gasteiger partial charge in [0, 0.05) is 5.69 Å². The number of ketones is 1. The summed E-state index contributed by atoms with van der Waals surface area (Å²) >= 11 is 1.30. The molecule has 0 radical (unpaired) electrons. The lowest BCUT2D eigenvalue weighted by Gasteiger charge is -2.08. The topological polar surface area (TPSA) is 89.9 Å². The number of rotatable bonds is 6. The quantitative estimate of drug-likeness (QED) is 0.398. The van der Waals surface area contributed by atoms with Crippen molar-refractivity contribution in [1.82, 2.24) is 19.7 Å². The maximum absolute atomic E-state index is 12.7. The number of hydrogen-bond donors (Lipinski definition) is 1. The number of carbonyl (C=O) groups is 2. The predicted octanol–water partition coefficient (Wildman–Crippen LogP) is 3.28. The number of nitrogens with zero attached hydrogens (tertiary/aromatic N) is 3. The van der Waals surface area contributed by atoms with Gasteiger partial charge in [-0.2, -0.15) is 0 Å². The van der Waals surface area contributed by atoms with Gasteiger partial charge >= 0.3 is 5.97 Å². The standard InChI is InChI=1S/C19H20N4O3S/c1-11-7-5-6-8-14(11)23-10-20-22-19(23)27-9-15(24)17-12(2)16(13(3)21-17)18(25)26-4/h5-8,10,21H,9H2,1-4H3. The zero-order valence-corrected chi connectivity index (χ0v) is 16.4. The lowest BCUT2D eigenvalue weighted by molar-refractivity contribution is 0.0599. The van der Waals surface area contributed by atoms with Crippen LogP contribution in [0.3, 0.4) is 0 Å². The van der Waals surface area contributed by atoms with Gasteiger partial charge in [-0.15, -0.1) is 10.2 Å². The molecule has 0 amide bonds. The van der Waals surface area contributed by atoms with E-state index in [1.54, 1.807) is 20.2 Å². The SMILES string of the molecule is COC(=O)c1c(C)[nH]c(C(=O)CSc2nncn2-c2ccccc2C)c1C. The first-order valence-corrected chi connectivity index (χ1v) is 9.32. The molecular formula is C19H20N4O3S. The number of carbonyl (C=O) groups excluding carboxylic acids is 2. The van der Waals surface area contributed by atoms with Crippen molar-refractivity contribution < 1.29 is 14.3 Å². The number of aromatic amines is 1. The summed E-state index contributed by atoms with van der Waals surface area (Å²) in [6.45, 7) is 5.50. The van der Waals surface area contributed by atoms with Crippen molar-refractivity contribution in [3.05, 3.63) is 58.7 Å². The second-order valence-electron chi connectivity index (χ2n) is 6.10. The molecule has 8 heteroatoms. The molecule has 1 N–H and O–H groups in total. The molecule has 0 aliphatic rings. The largest absolute Gasteiger partial charge is 0.465 e. The summed E-state index contributed by atoms with van der Waals surface area (Å²) in [7, 11) is 1.32. The van der Waals surface area contributed by atoms with Crippen LogP contribution in [0.5, 0.6) is 0 Å². The van der Waals surface area contributed by atoms with Crippen molar-refractivity contribution in [2.24, 2.45) is 0 Å². The predicted molar refractivity (Wildman–Crippen MR) is 103 cm³/mol. The second-order valence-corrected chi connectivity index (χ2v) is 7.04. The molecule has 3 aromatic rings. The Morgan fingerprint density at radius 2 is 1.96 bits per heavy atom. The monoisotopic (exact) mass is 384 g/mol. The highest BCUT2D eigenvalue weighted by Crippen LogP contribution is 2.24. The molecule has 2 aromatic heterocycles. The summed E-state index contributed by atoms with van der Waals surface area (Å²) in [5.41, 5.74) is 4.11. The Kier molecular flexibility index (Phi) is 5.46. The number of esters is 1. The van der Waals surface area contributed by atoms with Crippen LogP contribution in [0, 0.1) is 20.8 Å². The summed E-state index contributed by atoms with van der Waals surface area (Å²) in [5.74, 6) is -0.395. The first kappa shape index (κ1) is 18.9. The van der Waals surface area contributed by atoms with Crippen LogP contribution in [-0.2, 0) is 4.74 Å². The maximum Gasteiger partial charge on any atom is 0.339 e. The van der Waals surface area contributed by atoms with Crippen LogP contribution >= 0.6 is 11.8 Å². The first-order valence-electron chi connectivity index (χ1n) is 8.33. The van der Waals surface area contributed by atoms with Gasteiger partial charge in [-0.3, -0.25) is 9.36 Å². The summed E-state index contributed by atoms with van der Waals surface area (Å²) in [6, 6.07) is 7.90. The van der Waals surface area contributed by atoms with Crippen LogP contribution in [0.15, 0.2) is 35.7 Å². The highest BCUT2D eigenvalue weighted by Gasteiger charge is 2.23. The Morgan fingerprint density at radius 1 is 1.22 bits per heavy atom. The minimum atomic E-state index is -0.452. The van der Waals surface area contributed by atoms with E-state index in [9.17, 15) is 9.59 Å². The lowest BCUT2D eigenvalue weighted by atomic mass is 10.1. The fourth-order valence-corrected chi connectivity index (χ4v) is 3.76. The minimum absolute atomic E-state index is 0.116. The third-order valence-corrected chi connectivity index (χ3v) is 5.27. The third-order valence-electron chi connectivity index (χ3n) is 4.33. The Morgan fingerprint density at radius 3 is 2.67 bits per heavy atom. The number of methoxy groups -OCH3 is 1. The molecule has 0 atom stereocenters. The van der Waals surface area contributed by atoms with E-state index < -0.39 is 5.97 Å². The Balaban J connectivity index is 1.80. The average Bonchev–Trinajstić information content (AvgIpc) is 3.23. The van der Waals surface area contributed by atoms with Gasteiger partial charge < -0.3 is 9.72 Å². The molecule has 0 fully saturated rings. The van der Waals surface area contributed by atoms with E-state index in [0.717, 1.165) is 11.3 Å². The zero-order valence-electron chi connectivity index (χ0n) is 15.6. The number of ether oxygens (including phenoxy) is 1. The molecule has 0 unspecified atom stereocenters. The van der Waals surface area contributed by atoms with Crippen molar-refractivity contribution in [2.45, 2.75) is 25.9 Å². The number of thioether (sulfide) groups is 1. The van der Waals surface area contributed by atoms with Gasteiger partial charge in [0.15, 0.2) is 10.9 Å². The van der Waals surface area contributed by atoms with Crippen LogP contribution in [0.4, 0.5) is 0 Å². The van der Waals surface area contributed by atoms with E-state index in [-0.39, 0.29) is 11.5 Å². The number of H-pyrrole nitrogens is 1. The molecular weight excluding hydrogens is 364 g/mol. The average molecular weight is 384 g/mol. The smallest absolute Gasteiger partial charge is 0.339 e. The number of Topliss-reactive ketones (excluding diaryl/α,β-unsaturated/α-hetero) is 1. The van der Waals surface area contributed by atoms with Crippen molar-refractivity contribution in [2.75, 3.05) is 12.9 Å². The third kappa shape index (κ3) is 3.66. The van der Waals surface area contributed by atoms with Gasteiger partial charge in [0.2, 0.25) is 0 Å². The first-order chi connectivity index (χ1) is 12.9. The fraction of sp³-hybridized carbons (Fsp3) is 0.263. The summed E-state index contributed by atoms with van der Waals surface area (Å²) in [4.78, 5) is 27.6. The van der Waals surface area contributed by atoms with E-state index in [4.69, 9.17) is 4.74 Å².